The number of halogens is 1. The zero-order valence-electron chi connectivity index (χ0n) is 15.4. The van der Waals surface area contributed by atoms with Crippen LogP contribution in [0.2, 0.25) is 0 Å². The van der Waals surface area contributed by atoms with Crippen LogP contribution in [0.5, 0.6) is 0 Å². The second-order valence-corrected chi connectivity index (χ2v) is 6.73. The smallest absolute Gasteiger partial charge is 0.251 e. The second kappa shape index (κ2) is 8.57. The van der Waals surface area contributed by atoms with Crippen molar-refractivity contribution in [3.05, 3.63) is 53.6 Å². The van der Waals surface area contributed by atoms with Gasteiger partial charge in [0.25, 0.3) is 5.91 Å². The van der Waals surface area contributed by atoms with Crippen molar-refractivity contribution < 1.29 is 9.18 Å². The van der Waals surface area contributed by atoms with Gasteiger partial charge in [-0.3, -0.25) is 4.79 Å². The summed E-state index contributed by atoms with van der Waals surface area (Å²) in [5, 5.41) is 18.9. The van der Waals surface area contributed by atoms with Crippen LogP contribution in [0.4, 0.5) is 10.2 Å². The summed E-state index contributed by atoms with van der Waals surface area (Å²) in [5.41, 5.74) is 1.07. The number of nitrogens with one attached hydrogen (secondary N) is 2. The number of aromatic nitrogens is 4. The third kappa shape index (κ3) is 4.99. The summed E-state index contributed by atoms with van der Waals surface area (Å²) >= 11 is 0. The van der Waals surface area contributed by atoms with E-state index in [1.54, 1.807) is 4.52 Å². The van der Waals surface area contributed by atoms with Gasteiger partial charge in [0.1, 0.15) is 11.6 Å². The van der Waals surface area contributed by atoms with Crippen molar-refractivity contribution in [3.63, 3.8) is 0 Å². The Labute approximate surface area is 157 Å². The molecule has 2 heterocycles. The monoisotopic (exact) mass is 370 g/mol. The third-order valence-corrected chi connectivity index (χ3v) is 4.10. The number of carbonyl (C=O) groups is 1. The van der Waals surface area contributed by atoms with E-state index in [0.29, 0.717) is 35.9 Å². The Morgan fingerprint density at radius 1 is 1.11 bits per heavy atom. The first-order valence-electron chi connectivity index (χ1n) is 9.02. The molecular weight excluding hydrogens is 347 g/mol. The summed E-state index contributed by atoms with van der Waals surface area (Å²) in [4.78, 5) is 12.1. The van der Waals surface area contributed by atoms with Gasteiger partial charge in [0.05, 0.1) is 0 Å². The molecule has 0 bridgehead atoms. The number of hydrogen-bond donors (Lipinski definition) is 2. The largest absolute Gasteiger partial charge is 0.369 e. The molecule has 2 aromatic heterocycles. The highest BCUT2D eigenvalue weighted by molar-refractivity contribution is 5.94. The Morgan fingerprint density at radius 3 is 2.63 bits per heavy atom. The molecule has 0 radical (unpaired) electrons. The van der Waals surface area contributed by atoms with E-state index in [9.17, 15) is 9.18 Å². The molecule has 0 saturated heterocycles. The zero-order chi connectivity index (χ0) is 19.2. The Hall–Kier alpha value is -3.03. The van der Waals surface area contributed by atoms with E-state index in [2.05, 4.69) is 39.8 Å². The number of hydrogen-bond acceptors (Lipinski definition) is 5. The SMILES string of the molecule is CC(C)CCNc1ccc2nnc(CCNC(=O)c3ccc(F)cc3)n2n1. The molecule has 27 heavy (non-hydrogen) atoms. The number of nitrogens with zero attached hydrogens (tertiary/aromatic N) is 4. The maximum absolute atomic E-state index is 12.9. The fourth-order valence-corrected chi connectivity index (χ4v) is 2.56. The van der Waals surface area contributed by atoms with E-state index in [0.717, 1.165) is 18.8 Å². The van der Waals surface area contributed by atoms with E-state index >= 15 is 0 Å². The molecule has 8 heteroatoms. The van der Waals surface area contributed by atoms with Gasteiger partial charge in [-0.1, -0.05) is 13.8 Å². The highest BCUT2D eigenvalue weighted by Crippen LogP contribution is 2.09. The highest BCUT2D eigenvalue weighted by atomic mass is 19.1. The third-order valence-electron chi connectivity index (χ3n) is 4.10. The first kappa shape index (κ1) is 18.8. The van der Waals surface area contributed by atoms with Crippen molar-refractivity contribution in [3.8, 4) is 0 Å². The van der Waals surface area contributed by atoms with Gasteiger partial charge in [-0.2, -0.15) is 4.52 Å². The summed E-state index contributed by atoms with van der Waals surface area (Å²) in [7, 11) is 0. The summed E-state index contributed by atoms with van der Waals surface area (Å²) in [5.74, 6) is 1.42. The van der Waals surface area contributed by atoms with Crippen LogP contribution in [-0.2, 0) is 6.42 Å². The van der Waals surface area contributed by atoms with Gasteiger partial charge >= 0.3 is 0 Å². The lowest BCUT2D eigenvalue weighted by Gasteiger charge is -2.08. The average molecular weight is 370 g/mol. The number of carbonyl (C=O) groups excluding carboxylic acids is 1. The van der Waals surface area contributed by atoms with Crippen LogP contribution in [0.25, 0.3) is 5.65 Å². The van der Waals surface area contributed by atoms with Gasteiger partial charge < -0.3 is 10.6 Å². The number of rotatable bonds is 8. The predicted octanol–water partition coefficient (Wildman–Crippen LogP) is 2.69. The van der Waals surface area contributed by atoms with E-state index in [4.69, 9.17) is 0 Å². The van der Waals surface area contributed by atoms with Gasteiger partial charge in [0, 0.05) is 25.1 Å². The standard InChI is InChI=1S/C19H23FN6O/c1-13(2)9-11-21-16-7-8-17-23-24-18(26(17)25-16)10-12-22-19(27)14-3-5-15(20)6-4-14/h3-8,13H,9-12H2,1-2H3,(H,21,25)(H,22,27). The van der Waals surface area contributed by atoms with Crippen LogP contribution in [0.1, 0.15) is 36.5 Å². The van der Waals surface area contributed by atoms with Gasteiger partial charge in [0.15, 0.2) is 11.5 Å². The van der Waals surface area contributed by atoms with Gasteiger partial charge in [-0.15, -0.1) is 15.3 Å². The Balaban J connectivity index is 1.59. The zero-order valence-corrected chi connectivity index (χ0v) is 15.4. The molecule has 2 N–H and O–H groups in total. The molecular formula is C19H23FN6O. The molecule has 1 amide bonds. The van der Waals surface area contributed by atoms with E-state index in [1.165, 1.54) is 24.3 Å². The fourth-order valence-electron chi connectivity index (χ4n) is 2.56. The van der Waals surface area contributed by atoms with Crippen molar-refractivity contribution in [2.45, 2.75) is 26.7 Å². The molecule has 0 spiro atoms. The minimum absolute atomic E-state index is 0.257. The van der Waals surface area contributed by atoms with Crippen molar-refractivity contribution in [2.75, 3.05) is 18.4 Å². The van der Waals surface area contributed by atoms with Crippen molar-refractivity contribution >= 4 is 17.4 Å². The molecule has 0 fully saturated rings. The normalized spacial score (nSPS) is 11.1. The molecule has 3 rings (SSSR count). The Morgan fingerprint density at radius 2 is 1.89 bits per heavy atom. The van der Waals surface area contributed by atoms with Crippen LogP contribution >= 0.6 is 0 Å². The van der Waals surface area contributed by atoms with Gasteiger partial charge in [-0.25, -0.2) is 4.39 Å². The molecule has 0 atom stereocenters. The van der Waals surface area contributed by atoms with Crippen LogP contribution in [0.3, 0.4) is 0 Å². The Bertz CT molecular complexity index is 906. The summed E-state index contributed by atoms with van der Waals surface area (Å²) in [6, 6.07) is 9.17. The second-order valence-electron chi connectivity index (χ2n) is 6.73. The molecule has 0 aliphatic carbocycles. The molecule has 0 aliphatic heterocycles. The summed E-state index contributed by atoms with van der Waals surface area (Å²) in [6.45, 7) is 5.58. The lowest BCUT2D eigenvalue weighted by atomic mass is 10.1. The maximum Gasteiger partial charge on any atom is 0.251 e. The van der Waals surface area contributed by atoms with Gasteiger partial charge in [0.2, 0.25) is 0 Å². The minimum atomic E-state index is -0.370. The van der Waals surface area contributed by atoms with Crippen molar-refractivity contribution in [1.82, 2.24) is 25.1 Å². The average Bonchev–Trinajstić information content (AvgIpc) is 3.04. The molecule has 142 valence electrons. The summed E-state index contributed by atoms with van der Waals surface area (Å²) < 4.78 is 14.6. The minimum Gasteiger partial charge on any atom is -0.369 e. The van der Waals surface area contributed by atoms with Crippen LogP contribution in [0, 0.1) is 11.7 Å². The van der Waals surface area contributed by atoms with Crippen LogP contribution in [0.15, 0.2) is 36.4 Å². The predicted molar refractivity (Wildman–Crippen MR) is 101 cm³/mol. The molecule has 3 aromatic rings. The first-order valence-corrected chi connectivity index (χ1v) is 9.02. The number of amides is 1. The molecule has 1 aromatic carbocycles. The van der Waals surface area contributed by atoms with E-state index in [1.807, 2.05) is 12.1 Å². The molecule has 0 unspecified atom stereocenters. The lowest BCUT2D eigenvalue weighted by Crippen LogP contribution is -2.26. The quantitative estimate of drug-likeness (QED) is 0.637. The maximum atomic E-state index is 12.9. The van der Waals surface area contributed by atoms with E-state index in [-0.39, 0.29) is 11.7 Å². The molecule has 0 aliphatic rings. The van der Waals surface area contributed by atoms with Crippen molar-refractivity contribution in [1.29, 1.82) is 0 Å². The highest BCUT2D eigenvalue weighted by Gasteiger charge is 2.10. The number of benzene rings is 1. The van der Waals surface area contributed by atoms with Crippen LogP contribution in [-0.4, -0.2) is 38.8 Å². The molecule has 7 nitrogen and oxygen atoms in total. The fraction of sp³-hybridized carbons (Fsp3) is 0.368. The first-order chi connectivity index (χ1) is 13.0. The lowest BCUT2D eigenvalue weighted by molar-refractivity contribution is 0.0954. The topological polar surface area (TPSA) is 84.2 Å². The van der Waals surface area contributed by atoms with E-state index < -0.39 is 0 Å². The number of anilines is 1. The van der Waals surface area contributed by atoms with Gasteiger partial charge in [-0.05, 0) is 48.7 Å². The summed E-state index contributed by atoms with van der Waals surface area (Å²) in [6.07, 6.45) is 1.54. The molecule has 0 saturated carbocycles. The Kier molecular flexibility index (Phi) is 5.95. The van der Waals surface area contributed by atoms with Crippen LogP contribution < -0.4 is 10.6 Å². The van der Waals surface area contributed by atoms with Crippen molar-refractivity contribution in [2.24, 2.45) is 5.92 Å². The number of fused-ring (bicyclic) bond motifs is 1.